The summed E-state index contributed by atoms with van der Waals surface area (Å²) in [6.07, 6.45) is 3.16. The van der Waals surface area contributed by atoms with E-state index in [9.17, 15) is 9.18 Å². The Morgan fingerprint density at radius 2 is 2.13 bits per heavy atom. The molecule has 116 valence electrons. The number of nitrogens with zero attached hydrogens (tertiary/aromatic N) is 2. The maximum absolute atomic E-state index is 13.7. The number of halogens is 1. The monoisotopic (exact) mass is 312 g/mol. The first kappa shape index (κ1) is 14.7. The lowest BCUT2D eigenvalue weighted by atomic mass is 10.1. The zero-order chi connectivity index (χ0) is 16.4. The minimum atomic E-state index is -1.05. The minimum Gasteiger partial charge on any atom is -0.477 e. The van der Waals surface area contributed by atoms with Crippen LogP contribution in [-0.4, -0.2) is 26.0 Å². The Labute approximate surface area is 131 Å². The van der Waals surface area contributed by atoms with Crippen LogP contribution in [0.3, 0.4) is 0 Å². The van der Waals surface area contributed by atoms with Crippen molar-refractivity contribution in [1.29, 1.82) is 0 Å². The summed E-state index contributed by atoms with van der Waals surface area (Å²) in [6, 6.07) is 7.70. The summed E-state index contributed by atoms with van der Waals surface area (Å²) in [5, 5.41) is 11.8. The summed E-state index contributed by atoms with van der Waals surface area (Å²) >= 11 is 0. The average Bonchev–Trinajstić information content (AvgIpc) is 3.01. The number of aromatic carboxylic acids is 1. The second kappa shape index (κ2) is 5.88. The maximum Gasteiger partial charge on any atom is 0.352 e. The number of benzene rings is 1. The van der Waals surface area contributed by atoms with E-state index in [4.69, 9.17) is 5.11 Å². The van der Waals surface area contributed by atoms with Gasteiger partial charge >= 0.3 is 5.97 Å². The van der Waals surface area contributed by atoms with Gasteiger partial charge in [0.25, 0.3) is 0 Å². The van der Waals surface area contributed by atoms with Gasteiger partial charge in [-0.3, -0.25) is 0 Å². The first-order valence-electron chi connectivity index (χ1n) is 6.82. The fraction of sp³-hybridized carbons (Fsp3) is 0.0625. The van der Waals surface area contributed by atoms with Gasteiger partial charge in [-0.1, -0.05) is 12.1 Å². The normalized spacial score (nSPS) is 10.5. The Kier molecular flexibility index (Phi) is 3.76. The smallest absolute Gasteiger partial charge is 0.352 e. The number of hydrogen-bond donors (Lipinski definition) is 3. The van der Waals surface area contributed by atoms with E-state index in [0.29, 0.717) is 11.3 Å². The number of nitrogens with one attached hydrogen (secondary N) is 2. The summed E-state index contributed by atoms with van der Waals surface area (Å²) < 4.78 is 13.7. The number of aryl methyl sites for hydroxylation is 1. The number of carboxylic acids is 1. The molecule has 0 bridgehead atoms. The van der Waals surface area contributed by atoms with E-state index in [1.54, 1.807) is 30.6 Å². The lowest BCUT2D eigenvalue weighted by Gasteiger charge is -2.08. The number of hydrogen-bond acceptors (Lipinski definition) is 4. The van der Waals surface area contributed by atoms with Crippen molar-refractivity contribution in [2.24, 2.45) is 0 Å². The molecular weight excluding hydrogens is 299 g/mol. The molecule has 0 saturated carbocycles. The van der Waals surface area contributed by atoms with Crippen LogP contribution in [0.1, 0.15) is 16.1 Å². The highest BCUT2D eigenvalue weighted by Gasteiger charge is 2.12. The Morgan fingerprint density at radius 3 is 2.83 bits per heavy atom. The molecule has 0 fully saturated rings. The molecule has 0 aliphatic rings. The molecule has 0 aliphatic heterocycles. The molecule has 3 N–H and O–H groups in total. The third kappa shape index (κ3) is 3.03. The van der Waals surface area contributed by atoms with Gasteiger partial charge in [0, 0.05) is 18.0 Å². The Balaban J connectivity index is 1.95. The Bertz CT molecular complexity index is 876. The molecule has 7 heteroatoms. The number of para-hydroxylation sites is 1. The number of carbonyl (C=O) groups is 1. The van der Waals surface area contributed by atoms with Gasteiger partial charge in [-0.2, -0.15) is 0 Å². The van der Waals surface area contributed by atoms with E-state index in [-0.39, 0.29) is 17.3 Å². The Hall–Kier alpha value is -3.22. The number of carboxylic acid groups (broad SMARTS) is 1. The van der Waals surface area contributed by atoms with Crippen molar-refractivity contribution in [3.63, 3.8) is 0 Å². The number of anilines is 2. The molecule has 0 aliphatic carbocycles. The minimum absolute atomic E-state index is 0.0709. The van der Waals surface area contributed by atoms with Crippen molar-refractivity contribution in [1.82, 2.24) is 15.0 Å². The van der Waals surface area contributed by atoms with Crippen LogP contribution in [0.2, 0.25) is 0 Å². The lowest BCUT2D eigenvalue weighted by molar-refractivity contribution is 0.0691. The topological polar surface area (TPSA) is 90.9 Å². The molecule has 0 atom stereocenters. The summed E-state index contributed by atoms with van der Waals surface area (Å²) in [6.45, 7) is 1.82. The van der Waals surface area contributed by atoms with Gasteiger partial charge < -0.3 is 15.4 Å². The molecule has 2 heterocycles. The first-order chi connectivity index (χ1) is 11.0. The molecule has 23 heavy (non-hydrogen) atoms. The predicted octanol–water partition coefficient (Wildman–Crippen LogP) is 3.36. The molecule has 1 aromatic carbocycles. The SMILES string of the molecule is Cc1cnc(Nc2ccccc2F)nc1-c1c[nH]c(C(=O)O)c1. The van der Waals surface area contributed by atoms with Crippen LogP contribution < -0.4 is 5.32 Å². The molecule has 3 aromatic rings. The van der Waals surface area contributed by atoms with E-state index in [2.05, 4.69) is 20.3 Å². The highest BCUT2D eigenvalue weighted by atomic mass is 19.1. The molecule has 3 rings (SSSR count). The maximum atomic E-state index is 13.7. The summed E-state index contributed by atoms with van der Waals surface area (Å²) in [5.74, 6) is -1.23. The number of H-pyrrole nitrogens is 1. The van der Waals surface area contributed by atoms with Gasteiger partial charge in [-0.15, -0.1) is 0 Å². The van der Waals surface area contributed by atoms with Crippen LogP contribution in [0.15, 0.2) is 42.7 Å². The van der Waals surface area contributed by atoms with E-state index in [0.717, 1.165) is 5.56 Å². The van der Waals surface area contributed by atoms with E-state index in [1.165, 1.54) is 12.1 Å². The van der Waals surface area contributed by atoms with Crippen molar-refractivity contribution < 1.29 is 14.3 Å². The number of rotatable bonds is 4. The quantitative estimate of drug-likeness (QED) is 0.687. The van der Waals surface area contributed by atoms with Crippen LogP contribution in [0, 0.1) is 12.7 Å². The van der Waals surface area contributed by atoms with Crippen molar-refractivity contribution in [2.75, 3.05) is 5.32 Å². The standard InChI is InChI=1S/C16H13FN4O2/c1-9-7-19-16(20-12-5-3-2-4-11(12)17)21-14(9)10-6-13(15(22)23)18-8-10/h2-8,18H,1H3,(H,22,23)(H,19,20,21). The van der Waals surface area contributed by atoms with Crippen LogP contribution in [0.4, 0.5) is 16.0 Å². The summed E-state index contributed by atoms with van der Waals surface area (Å²) in [4.78, 5) is 22.1. The lowest BCUT2D eigenvalue weighted by Crippen LogP contribution is -2.01. The van der Waals surface area contributed by atoms with Gasteiger partial charge in [-0.25, -0.2) is 19.2 Å². The third-order valence-corrected chi connectivity index (χ3v) is 3.28. The molecule has 0 amide bonds. The Morgan fingerprint density at radius 1 is 1.35 bits per heavy atom. The van der Waals surface area contributed by atoms with Crippen molar-refractivity contribution in [3.8, 4) is 11.3 Å². The number of aromatic nitrogens is 3. The second-order valence-corrected chi connectivity index (χ2v) is 4.94. The summed E-state index contributed by atoms with van der Waals surface area (Å²) in [7, 11) is 0. The fourth-order valence-electron chi connectivity index (χ4n) is 2.13. The molecule has 0 spiro atoms. The highest BCUT2D eigenvalue weighted by Crippen LogP contribution is 2.24. The zero-order valence-electron chi connectivity index (χ0n) is 12.2. The van der Waals surface area contributed by atoms with Gasteiger partial charge in [-0.05, 0) is 30.7 Å². The van der Waals surface area contributed by atoms with Crippen LogP contribution >= 0.6 is 0 Å². The van der Waals surface area contributed by atoms with Crippen molar-refractivity contribution >= 4 is 17.6 Å². The molecule has 2 aromatic heterocycles. The molecule has 0 unspecified atom stereocenters. The van der Waals surface area contributed by atoms with Gasteiger partial charge in [0.2, 0.25) is 5.95 Å². The van der Waals surface area contributed by atoms with E-state index < -0.39 is 11.8 Å². The molecular formula is C16H13FN4O2. The van der Waals surface area contributed by atoms with Gasteiger partial charge in [0.15, 0.2) is 0 Å². The van der Waals surface area contributed by atoms with E-state index >= 15 is 0 Å². The van der Waals surface area contributed by atoms with Crippen molar-refractivity contribution in [3.05, 3.63) is 59.8 Å². The van der Waals surface area contributed by atoms with E-state index in [1.807, 2.05) is 6.92 Å². The van der Waals surface area contributed by atoms with Gasteiger partial charge in [0.05, 0.1) is 11.4 Å². The molecule has 0 radical (unpaired) electrons. The number of aromatic amines is 1. The predicted molar refractivity (Wildman–Crippen MR) is 83.2 cm³/mol. The largest absolute Gasteiger partial charge is 0.477 e. The average molecular weight is 312 g/mol. The fourth-order valence-corrected chi connectivity index (χ4v) is 2.13. The van der Waals surface area contributed by atoms with Crippen LogP contribution in [0.5, 0.6) is 0 Å². The summed E-state index contributed by atoms with van der Waals surface area (Å²) in [5.41, 5.74) is 2.31. The van der Waals surface area contributed by atoms with Crippen LogP contribution in [-0.2, 0) is 0 Å². The second-order valence-electron chi connectivity index (χ2n) is 4.94. The zero-order valence-corrected chi connectivity index (χ0v) is 12.2. The van der Waals surface area contributed by atoms with Gasteiger partial charge in [0.1, 0.15) is 11.5 Å². The highest BCUT2D eigenvalue weighted by molar-refractivity contribution is 5.87. The third-order valence-electron chi connectivity index (χ3n) is 3.28. The molecule has 6 nitrogen and oxygen atoms in total. The molecule has 0 saturated heterocycles. The van der Waals surface area contributed by atoms with Crippen molar-refractivity contribution in [2.45, 2.75) is 6.92 Å². The van der Waals surface area contributed by atoms with Crippen LogP contribution in [0.25, 0.3) is 11.3 Å². The first-order valence-corrected chi connectivity index (χ1v) is 6.82.